The first-order valence-corrected chi connectivity index (χ1v) is 8.88. The number of benzene rings is 3. The molecular weight excluding hydrogens is 442 g/mol. The lowest BCUT2D eigenvalue weighted by Crippen LogP contribution is -2.54. The second kappa shape index (κ2) is 8.06. The summed E-state index contributed by atoms with van der Waals surface area (Å²) in [6.07, 6.45) is -11.5. The number of ether oxygens (including phenoxy) is 1. The third-order valence-corrected chi connectivity index (χ3v) is 4.75. The Kier molecular flexibility index (Phi) is 5.77. The average molecular weight is 456 g/mol. The summed E-state index contributed by atoms with van der Waals surface area (Å²) in [5, 5.41) is 10.8. The molecule has 0 bridgehead atoms. The summed E-state index contributed by atoms with van der Waals surface area (Å²) in [6, 6.07) is 11.4. The van der Waals surface area contributed by atoms with Crippen LogP contribution in [-0.2, 0) is 5.41 Å². The van der Waals surface area contributed by atoms with E-state index in [9.17, 15) is 36.5 Å². The maximum atomic E-state index is 14.1. The van der Waals surface area contributed by atoms with Crippen molar-refractivity contribution in [2.75, 3.05) is 5.73 Å². The first-order chi connectivity index (χ1) is 14.9. The van der Waals surface area contributed by atoms with Gasteiger partial charge < -0.3 is 10.5 Å². The Bertz CT molecular complexity index is 1100. The quantitative estimate of drug-likeness (QED) is 0.209. The molecule has 0 unspecified atom stereocenters. The zero-order valence-corrected chi connectivity index (χ0v) is 15.9. The molecule has 0 spiro atoms. The molecule has 2 N–H and O–H groups in total. The van der Waals surface area contributed by atoms with Gasteiger partial charge in [0.25, 0.3) is 5.69 Å². The van der Waals surface area contributed by atoms with Crippen LogP contribution in [0.15, 0.2) is 72.8 Å². The van der Waals surface area contributed by atoms with Gasteiger partial charge in [-0.1, -0.05) is 30.3 Å². The summed E-state index contributed by atoms with van der Waals surface area (Å²) in [5.74, 6) is -0.117. The summed E-state index contributed by atoms with van der Waals surface area (Å²) in [7, 11) is 0. The zero-order valence-electron chi connectivity index (χ0n) is 15.9. The van der Waals surface area contributed by atoms with E-state index in [4.69, 9.17) is 10.5 Å². The van der Waals surface area contributed by atoms with E-state index in [0.717, 1.165) is 30.3 Å². The molecule has 0 aromatic heterocycles. The van der Waals surface area contributed by atoms with E-state index in [1.54, 1.807) is 0 Å². The van der Waals surface area contributed by atoms with Crippen molar-refractivity contribution in [2.24, 2.45) is 0 Å². The van der Waals surface area contributed by atoms with Gasteiger partial charge in [-0.25, -0.2) is 0 Å². The number of hydrogen-bond donors (Lipinski definition) is 1. The highest BCUT2D eigenvalue weighted by Gasteiger charge is 2.72. The van der Waals surface area contributed by atoms with Gasteiger partial charge in [-0.15, -0.1) is 0 Å². The molecule has 168 valence electrons. The lowest BCUT2D eigenvalue weighted by Gasteiger charge is -2.38. The summed E-state index contributed by atoms with van der Waals surface area (Å²) < 4.78 is 89.7. The molecule has 3 rings (SSSR count). The summed E-state index contributed by atoms with van der Waals surface area (Å²) in [4.78, 5) is 10.2. The van der Waals surface area contributed by atoms with E-state index < -0.39 is 33.8 Å². The molecule has 0 amide bonds. The monoisotopic (exact) mass is 456 g/mol. The van der Waals surface area contributed by atoms with E-state index in [0.29, 0.717) is 24.3 Å². The van der Waals surface area contributed by atoms with E-state index in [1.807, 2.05) is 0 Å². The predicted molar refractivity (Wildman–Crippen MR) is 103 cm³/mol. The maximum absolute atomic E-state index is 14.1. The summed E-state index contributed by atoms with van der Waals surface area (Å²) in [5.41, 5.74) is -1.29. The van der Waals surface area contributed by atoms with Crippen LogP contribution in [0.5, 0.6) is 11.5 Å². The molecule has 0 atom stereocenters. The first-order valence-electron chi connectivity index (χ1n) is 8.88. The number of nitrogens with zero attached hydrogens (tertiary/aromatic N) is 1. The summed E-state index contributed by atoms with van der Waals surface area (Å²) in [6.45, 7) is 0. The van der Waals surface area contributed by atoms with Gasteiger partial charge in [-0.2, -0.15) is 26.3 Å². The Morgan fingerprint density at radius 1 is 0.750 bits per heavy atom. The van der Waals surface area contributed by atoms with Crippen LogP contribution < -0.4 is 10.5 Å². The molecule has 0 aliphatic carbocycles. The van der Waals surface area contributed by atoms with Crippen molar-refractivity contribution < 1.29 is 36.0 Å². The lowest BCUT2D eigenvalue weighted by atomic mass is 9.73. The molecule has 0 fully saturated rings. The van der Waals surface area contributed by atoms with Gasteiger partial charge in [-0.05, 0) is 41.5 Å². The maximum Gasteiger partial charge on any atom is 0.411 e. The molecule has 0 saturated heterocycles. The Hall–Kier alpha value is -3.76. The van der Waals surface area contributed by atoms with Gasteiger partial charge >= 0.3 is 12.4 Å². The van der Waals surface area contributed by atoms with Gasteiger partial charge in [-0.3, -0.25) is 10.1 Å². The summed E-state index contributed by atoms with van der Waals surface area (Å²) >= 11 is 0. The average Bonchev–Trinajstić information content (AvgIpc) is 2.69. The highest BCUT2D eigenvalue weighted by atomic mass is 19.4. The third kappa shape index (κ3) is 4.05. The molecule has 0 heterocycles. The number of alkyl halides is 6. The number of halogens is 6. The molecule has 0 aliphatic heterocycles. The number of nitro benzene ring substituents is 1. The third-order valence-electron chi connectivity index (χ3n) is 4.75. The number of hydrogen-bond acceptors (Lipinski definition) is 4. The smallest absolute Gasteiger partial charge is 0.411 e. The van der Waals surface area contributed by atoms with Crippen LogP contribution in [0.3, 0.4) is 0 Å². The molecule has 3 aromatic carbocycles. The highest BCUT2D eigenvalue weighted by Crippen LogP contribution is 2.56. The number of rotatable bonds is 5. The molecule has 32 heavy (non-hydrogen) atoms. The minimum Gasteiger partial charge on any atom is -0.457 e. The Morgan fingerprint density at radius 2 is 1.25 bits per heavy atom. The van der Waals surface area contributed by atoms with Crippen molar-refractivity contribution >= 4 is 11.4 Å². The number of non-ortho nitro benzene ring substituents is 1. The van der Waals surface area contributed by atoms with Gasteiger partial charge in [0.2, 0.25) is 5.41 Å². The van der Waals surface area contributed by atoms with Gasteiger partial charge in [0, 0.05) is 11.8 Å². The fourth-order valence-electron chi connectivity index (χ4n) is 3.28. The van der Waals surface area contributed by atoms with Crippen LogP contribution >= 0.6 is 0 Å². The Labute approximate surface area is 177 Å². The fourth-order valence-corrected chi connectivity index (χ4v) is 3.28. The standard InChI is InChI=1S/C21H14F6N2O3/c22-20(23,24)19(21(25,26)27,13-4-8-15(28)9-5-13)14-6-10-17(11-7-14)32-18-3-1-2-16(12-18)29(30)31/h1-12H,28H2. The minimum atomic E-state index is -5.73. The van der Waals surface area contributed by atoms with Crippen LogP contribution in [0.2, 0.25) is 0 Å². The number of nitrogen functional groups attached to an aromatic ring is 1. The van der Waals surface area contributed by atoms with Gasteiger partial charge in [0.1, 0.15) is 11.5 Å². The van der Waals surface area contributed by atoms with Crippen LogP contribution in [-0.4, -0.2) is 17.3 Å². The minimum absolute atomic E-state index is 0.00713. The van der Waals surface area contributed by atoms with Crippen LogP contribution in [0.4, 0.5) is 37.7 Å². The van der Waals surface area contributed by atoms with Crippen molar-refractivity contribution in [3.63, 3.8) is 0 Å². The molecule has 5 nitrogen and oxygen atoms in total. The predicted octanol–water partition coefficient (Wildman–Crippen LogP) is 6.38. The van der Waals surface area contributed by atoms with Crippen LogP contribution in [0.25, 0.3) is 0 Å². The molecule has 11 heteroatoms. The molecule has 0 aliphatic rings. The first kappa shape index (κ1) is 22.9. The van der Waals surface area contributed by atoms with E-state index in [2.05, 4.69) is 0 Å². The van der Waals surface area contributed by atoms with Gasteiger partial charge in [0.05, 0.1) is 11.0 Å². The largest absolute Gasteiger partial charge is 0.457 e. The lowest BCUT2D eigenvalue weighted by molar-refractivity contribution is -0.384. The zero-order chi connectivity index (χ0) is 23.7. The van der Waals surface area contributed by atoms with Gasteiger partial charge in [0.15, 0.2) is 0 Å². The normalized spacial score (nSPS) is 12.4. The number of nitro groups is 1. The van der Waals surface area contributed by atoms with Crippen LogP contribution in [0.1, 0.15) is 11.1 Å². The van der Waals surface area contributed by atoms with Crippen molar-refractivity contribution in [1.82, 2.24) is 0 Å². The SMILES string of the molecule is Nc1ccc(C(c2ccc(Oc3cccc([N+](=O)[O-])c3)cc2)(C(F)(F)F)C(F)(F)F)cc1. The Morgan fingerprint density at radius 3 is 1.72 bits per heavy atom. The molecule has 0 radical (unpaired) electrons. The number of nitrogens with two attached hydrogens (primary N) is 1. The molecular formula is C21H14F6N2O3. The van der Waals surface area contributed by atoms with Crippen molar-refractivity contribution in [1.29, 1.82) is 0 Å². The van der Waals surface area contributed by atoms with Crippen molar-refractivity contribution in [3.05, 3.63) is 94.0 Å². The van der Waals surface area contributed by atoms with Crippen LogP contribution in [0, 0.1) is 10.1 Å². The number of anilines is 1. The fraction of sp³-hybridized carbons (Fsp3) is 0.143. The van der Waals surface area contributed by atoms with Crippen molar-refractivity contribution in [2.45, 2.75) is 17.8 Å². The highest BCUT2D eigenvalue weighted by molar-refractivity contribution is 5.50. The van der Waals surface area contributed by atoms with E-state index in [-0.39, 0.29) is 22.9 Å². The van der Waals surface area contributed by atoms with E-state index >= 15 is 0 Å². The van der Waals surface area contributed by atoms with E-state index in [1.165, 1.54) is 18.2 Å². The Balaban J connectivity index is 2.08. The topological polar surface area (TPSA) is 78.4 Å². The second-order valence-corrected chi connectivity index (χ2v) is 6.75. The second-order valence-electron chi connectivity index (χ2n) is 6.75. The van der Waals surface area contributed by atoms with Crippen molar-refractivity contribution in [3.8, 4) is 11.5 Å². The molecule has 0 saturated carbocycles. The molecule has 3 aromatic rings.